The topological polar surface area (TPSA) is 77.0 Å². The van der Waals surface area contributed by atoms with Gasteiger partial charge in [-0.3, -0.25) is 0 Å². The first-order valence-corrected chi connectivity index (χ1v) is 5.43. The summed E-state index contributed by atoms with van der Waals surface area (Å²) in [6.45, 7) is 0. The van der Waals surface area contributed by atoms with Crippen molar-refractivity contribution in [1.82, 2.24) is 0 Å². The van der Waals surface area contributed by atoms with Crippen molar-refractivity contribution in [2.75, 3.05) is 26.6 Å². The molecule has 1 aliphatic rings. The van der Waals surface area contributed by atoms with Gasteiger partial charge in [0.2, 0.25) is 5.75 Å². The summed E-state index contributed by atoms with van der Waals surface area (Å²) >= 11 is 0. The van der Waals surface area contributed by atoms with E-state index in [2.05, 4.69) is 5.32 Å². The molecule has 0 fully saturated rings. The summed E-state index contributed by atoms with van der Waals surface area (Å²) in [7, 11) is 4.55. The van der Waals surface area contributed by atoms with Crippen molar-refractivity contribution < 1.29 is 24.1 Å². The molecule has 1 heterocycles. The molecule has 0 aliphatic carbocycles. The third-order valence-electron chi connectivity index (χ3n) is 2.95. The Morgan fingerprint density at radius 1 is 1.28 bits per heavy atom. The van der Waals surface area contributed by atoms with E-state index in [-0.39, 0.29) is 0 Å². The summed E-state index contributed by atoms with van der Waals surface area (Å²) in [5, 5.41) is 12.0. The molecule has 2 N–H and O–H groups in total. The van der Waals surface area contributed by atoms with Gasteiger partial charge in [-0.05, 0) is 11.6 Å². The first-order chi connectivity index (χ1) is 8.62. The number of carbonyl (C=O) groups is 1. The second-order valence-electron chi connectivity index (χ2n) is 3.92. The Balaban J connectivity index is 2.52. The van der Waals surface area contributed by atoms with Gasteiger partial charge < -0.3 is 24.6 Å². The highest BCUT2D eigenvalue weighted by Crippen LogP contribution is 2.47. The third kappa shape index (κ3) is 1.79. The number of fused-ring (bicyclic) bond motifs is 1. The fraction of sp³-hybridized carbons (Fsp3) is 0.417. The molecule has 98 valence electrons. The predicted octanol–water partition coefficient (Wildman–Crippen LogP) is 1.13. The van der Waals surface area contributed by atoms with Gasteiger partial charge in [0, 0.05) is 6.42 Å². The SMILES string of the molecule is COc1cc2c(c(OC)c1OC)NC(C(=O)O)C2. The van der Waals surface area contributed by atoms with E-state index in [0.29, 0.717) is 29.4 Å². The highest BCUT2D eigenvalue weighted by molar-refractivity contribution is 5.85. The predicted molar refractivity (Wildman–Crippen MR) is 64.8 cm³/mol. The highest BCUT2D eigenvalue weighted by Gasteiger charge is 2.32. The third-order valence-corrected chi connectivity index (χ3v) is 2.95. The Morgan fingerprint density at radius 3 is 2.44 bits per heavy atom. The average Bonchev–Trinajstić information content (AvgIpc) is 2.79. The van der Waals surface area contributed by atoms with E-state index in [1.165, 1.54) is 21.3 Å². The number of carboxylic acid groups (broad SMARTS) is 1. The lowest BCUT2D eigenvalue weighted by Gasteiger charge is -2.15. The molecular formula is C12H15NO5. The summed E-state index contributed by atoms with van der Waals surface area (Å²) in [4.78, 5) is 11.0. The summed E-state index contributed by atoms with van der Waals surface area (Å²) in [6.07, 6.45) is 0.390. The minimum Gasteiger partial charge on any atom is -0.493 e. The number of aliphatic carboxylic acids is 1. The van der Waals surface area contributed by atoms with Gasteiger partial charge in [-0.1, -0.05) is 0 Å². The number of ether oxygens (including phenoxy) is 3. The van der Waals surface area contributed by atoms with Crippen LogP contribution in [-0.4, -0.2) is 38.4 Å². The van der Waals surface area contributed by atoms with Crippen molar-refractivity contribution >= 4 is 11.7 Å². The largest absolute Gasteiger partial charge is 0.493 e. The van der Waals surface area contributed by atoms with Gasteiger partial charge in [0.1, 0.15) is 6.04 Å². The van der Waals surface area contributed by atoms with E-state index < -0.39 is 12.0 Å². The highest BCUT2D eigenvalue weighted by atomic mass is 16.5. The van der Waals surface area contributed by atoms with E-state index in [1.807, 2.05) is 0 Å². The molecule has 1 unspecified atom stereocenters. The molecule has 1 atom stereocenters. The van der Waals surface area contributed by atoms with E-state index in [4.69, 9.17) is 19.3 Å². The first-order valence-electron chi connectivity index (χ1n) is 5.43. The molecule has 1 aromatic rings. The number of hydrogen-bond acceptors (Lipinski definition) is 5. The average molecular weight is 253 g/mol. The maximum atomic E-state index is 11.0. The van der Waals surface area contributed by atoms with Crippen molar-refractivity contribution in [3.8, 4) is 17.2 Å². The smallest absolute Gasteiger partial charge is 0.326 e. The van der Waals surface area contributed by atoms with Crippen LogP contribution in [-0.2, 0) is 11.2 Å². The quantitative estimate of drug-likeness (QED) is 0.837. The zero-order chi connectivity index (χ0) is 13.3. The van der Waals surface area contributed by atoms with Crippen LogP contribution in [0.4, 0.5) is 5.69 Å². The van der Waals surface area contributed by atoms with Gasteiger partial charge in [0.05, 0.1) is 27.0 Å². The van der Waals surface area contributed by atoms with E-state index in [0.717, 1.165) is 5.56 Å². The molecule has 0 amide bonds. The van der Waals surface area contributed by atoms with Crippen LogP contribution in [0.1, 0.15) is 5.56 Å². The van der Waals surface area contributed by atoms with Gasteiger partial charge in [-0.25, -0.2) is 4.79 Å². The molecule has 0 saturated heterocycles. The van der Waals surface area contributed by atoms with Gasteiger partial charge in [-0.15, -0.1) is 0 Å². The molecule has 18 heavy (non-hydrogen) atoms. The maximum Gasteiger partial charge on any atom is 0.326 e. The molecule has 0 radical (unpaired) electrons. The van der Waals surface area contributed by atoms with Crippen LogP contribution < -0.4 is 19.5 Å². The Hall–Kier alpha value is -2.11. The molecule has 0 spiro atoms. The van der Waals surface area contributed by atoms with Crippen LogP contribution in [0.2, 0.25) is 0 Å². The molecule has 6 nitrogen and oxygen atoms in total. The molecule has 2 rings (SSSR count). The minimum absolute atomic E-state index is 0.390. The zero-order valence-corrected chi connectivity index (χ0v) is 10.4. The Labute approximate surface area is 104 Å². The van der Waals surface area contributed by atoms with Crippen molar-refractivity contribution in [2.24, 2.45) is 0 Å². The van der Waals surface area contributed by atoms with Gasteiger partial charge in [0.25, 0.3) is 0 Å². The van der Waals surface area contributed by atoms with Crippen molar-refractivity contribution in [3.63, 3.8) is 0 Å². The van der Waals surface area contributed by atoms with Crippen LogP contribution in [0.3, 0.4) is 0 Å². The molecule has 0 saturated carbocycles. The van der Waals surface area contributed by atoms with E-state index in [1.54, 1.807) is 6.07 Å². The Kier molecular flexibility index (Phi) is 3.18. The summed E-state index contributed by atoms with van der Waals surface area (Å²) in [5.74, 6) is 0.556. The fourth-order valence-corrected chi connectivity index (χ4v) is 2.12. The van der Waals surface area contributed by atoms with Crippen molar-refractivity contribution in [3.05, 3.63) is 11.6 Å². The lowest BCUT2D eigenvalue weighted by molar-refractivity contribution is -0.137. The molecule has 1 aliphatic heterocycles. The van der Waals surface area contributed by atoms with E-state index in [9.17, 15) is 4.79 Å². The number of rotatable bonds is 4. The second-order valence-corrected chi connectivity index (χ2v) is 3.92. The maximum absolute atomic E-state index is 11.0. The first kappa shape index (κ1) is 12.3. The molecule has 0 aromatic heterocycles. The monoisotopic (exact) mass is 253 g/mol. The molecule has 6 heteroatoms. The summed E-state index contributed by atoms with van der Waals surface area (Å²) in [6, 6.07) is 1.12. The van der Waals surface area contributed by atoms with Crippen LogP contribution in [0.25, 0.3) is 0 Å². The molecule has 0 bridgehead atoms. The van der Waals surface area contributed by atoms with Crippen LogP contribution in [0.5, 0.6) is 17.2 Å². The Bertz CT molecular complexity index is 486. The molecule has 1 aromatic carbocycles. The number of anilines is 1. The number of benzene rings is 1. The number of methoxy groups -OCH3 is 3. The fourth-order valence-electron chi connectivity index (χ4n) is 2.12. The number of hydrogen-bond donors (Lipinski definition) is 2. The van der Waals surface area contributed by atoms with Crippen LogP contribution in [0.15, 0.2) is 6.07 Å². The van der Waals surface area contributed by atoms with Gasteiger partial charge >= 0.3 is 5.97 Å². The molecular weight excluding hydrogens is 238 g/mol. The summed E-state index contributed by atoms with van der Waals surface area (Å²) in [5.41, 5.74) is 1.50. The summed E-state index contributed by atoms with van der Waals surface area (Å²) < 4.78 is 15.8. The van der Waals surface area contributed by atoms with Crippen molar-refractivity contribution in [2.45, 2.75) is 12.5 Å². The minimum atomic E-state index is -0.897. The zero-order valence-electron chi connectivity index (χ0n) is 10.4. The normalized spacial score (nSPS) is 16.7. The second kappa shape index (κ2) is 4.64. The number of carboxylic acids is 1. The number of nitrogens with one attached hydrogen (secondary N) is 1. The van der Waals surface area contributed by atoms with Gasteiger partial charge in [-0.2, -0.15) is 0 Å². The van der Waals surface area contributed by atoms with Crippen molar-refractivity contribution in [1.29, 1.82) is 0 Å². The van der Waals surface area contributed by atoms with Crippen LogP contribution >= 0.6 is 0 Å². The lowest BCUT2D eigenvalue weighted by atomic mass is 10.1. The van der Waals surface area contributed by atoms with Crippen LogP contribution in [0, 0.1) is 0 Å². The van der Waals surface area contributed by atoms with E-state index >= 15 is 0 Å². The van der Waals surface area contributed by atoms with Gasteiger partial charge in [0.15, 0.2) is 11.5 Å². The standard InChI is InChI=1S/C12H15NO5/c1-16-8-5-6-4-7(12(14)15)13-9(6)11(18-3)10(8)17-2/h5,7,13H,4H2,1-3H3,(H,14,15). The lowest BCUT2D eigenvalue weighted by Crippen LogP contribution is -2.26. The Morgan fingerprint density at radius 2 is 1.94 bits per heavy atom.